The summed E-state index contributed by atoms with van der Waals surface area (Å²) in [6.45, 7) is 24.7. The highest BCUT2D eigenvalue weighted by atomic mass is 15.4. The molecule has 0 saturated carbocycles. The molecule has 0 aromatic carbocycles. The van der Waals surface area contributed by atoms with Crippen molar-refractivity contribution in [3.05, 3.63) is 0 Å². The van der Waals surface area contributed by atoms with E-state index in [-0.39, 0.29) is 0 Å². The number of rotatable bonds is 52. The highest BCUT2D eigenvalue weighted by molar-refractivity contribution is 4.84. The second-order valence-corrected chi connectivity index (χ2v) is 21.1. The third-order valence-electron chi connectivity index (χ3n) is 15.0. The van der Waals surface area contributed by atoms with Crippen LogP contribution in [0.3, 0.4) is 0 Å². The summed E-state index contributed by atoms with van der Waals surface area (Å²) in [5.74, 6) is 0. The molecule has 0 aliphatic carbocycles. The molecular weight excluding hydrogens is 765 g/mol. The predicted molar refractivity (Wildman–Crippen MR) is 287 cm³/mol. The lowest BCUT2D eigenvalue weighted by Crippen LogP contribution is -2.61. The molecule has 1 aliphatic heterocycles. The van der Waals surface area contributed by atoms with E-state index in [1.807, 2.05) is 0 Å². The summed E-state index contributed by atoms with van der Waals surface area (Å²) in [6.07, 6.45) is 62.3. The molecule has 63 heavy (non-hydrogen) atoms. The van der Waals surface area contributed by atoms with E-state index in [4.69, 9.17) is 0 Å². The van der Waals surface area contributed by atoms with Crippen molar-refractivity contribution < 1.29 is 0 Å². The number of hydrogen-bond donors (Lipinski definition) is 0. The van der Waals surface area contributed by atoms with Crippen LogP contribution < -0.4 is 0 Å². The van der Waals surface area contributed by atoms with Crippen molar-refractivity contribution in [1.82, 2.24) is 19.6 Å². The standard InChI is InChI=1S/C59H122N4/c1-6-11-16-20-24-28-32-36-40-45-50-60(49-44-15-10-5)54-55-61-56-57-63(53-48-43-39-35-31-27-23-19-14-9-4)59(58-61)62(51-46-41-37-33-29-25-21-17-12-7-2)52-47-42-38-34-30-26-22-18-13-8-3/h59H,6-58H2,1-5H3. The van der Waals surface area contributed by atoms with Crippen LogP contribution in [0.5, 0.6) is 0 Å². The van der Waals surface area contributed by atoms with Crippen molar-refractivity contribution in [2.75, 3.05) is 65.4 Å². The fraction of sp³-hybridized carbons (Fsp3) is 1.00. The summed E-state index contributed by atoms with van der Waals surface area (Å²) < 4.78 is 0. The van der Waals surface area contributed by atoms with Crippen molar-refractivity contribution in [2.45, 2.75) is 317 Å². The highest BCUT2D eigenvalue weighted by Gasteiger charge is 2.31. The van der Waals surface area contributed by atoms with Crippen molar-refractivity contribution in [1.29, 1.82) is 0 Å². The molecule has 1 atom stereocenters. The number of unbranched alkanes of at least 4 members (excludes halogenated alkanes) is 38. The van der Waals surface area contributed by atoms with Gasteiger partial charge < -0.3 is 4.90 Å². The van der Waals surface area contributed by atoms with Crippen molar-refractivity contribution in [3.63, 3.8) is 0 Å². The Labute approximate surface area is 400 Å². The van der Waals surface area contributed by atoms with E-state index in [1.165, 1.54) is 342 Å². The van der Waals surface area contributed by atoms with E-state index < -0.39 is 0 Å². The fourth-order valence-electron chi connectivity index (χ4n) is 10.5. The molecule has 1 heterocycles. The lowest BCUT2D eigenvalue weighted by molar-refractivity contribution is -0.0267. The van der Waals surface area contributed by atoms with Gasteiger partial charge in [-0.25, -0.2) is 0 Å². The molecule has 4 heteroatoms. The molecule has 1 unspecified atom stereocenters. The summed E-state index contributed by atoms with van der Waals surface area (Å²) in [4.78, 5) is 11.9. The lowest BCUT2D eigenvalue weighted by Gasteiger charge is -2.47. The Balaban J connectivity index is 2.86. The monoisotopic (exact) mass is 887 g/mol. The molecule has 1 saturated heterocycles. The van der Waals surface area contributed by atoms with Gasteiger partial charge in [0, 0.05) is 32.7 Å². The van der Waals surface area contributed by atoms with Gasteiger partial charge in [-0.05, 0) is 64.8 Å². The van der Waals surface area contributed by atoms with Crippen molar-refractivity contribution in [3.8, 4) is 0 Å². The van der Waals surface area contributed by atoms with Crippen LogP contribution in [0.2, 0.25) is 0 Å². The minimum Gasteiger partial charge on any atom is -0.302 e. The quantitative estimate of drug-likeness (QED) is 0.0564. The maximum atomic E-state index is 3.04. The first kappa shape index (κ1) is 60.9. The van der Waals surface area contributed by atoms with Gasteiger partial charge in [-0.3, -0.25) is 14.7 Å². The Hall–Kier alpha value is -0.160. The lowest BCUT2D eigenvalue weighted by atomic mass is 10.1. The first-order valence-electron chi connectivity index (χ1n) is 30.1. The zero-order valence-electron chi connectivity index (χ0n) is 44.8. The molecule has 1 rings (SSSR count). The Morgan fingerprint density at radius 2 is 0.571 bits per heavy atom. The van der Waals surface area contributed by atoms with Gasteiger partial charge in [-0.1, -0.05) is 279 Å². The number of hydrogen-bond acceptors (Lipinski definition) is 4. The van der Waals surface area contributed by atoms with E-state index in [0.717, 1.165) is 0 Å². The third-order valence-corrected chi connectivity index (χ3v) is 15.0. The normalized spacial score (nSPS) is 15.2. The Morgan fingerprint density at radius 3 is 0.937 bits per heavy atom. The van der Waals surface area contributed by atoms with Crippen molar-refractivity contribution in [2.24, 2.45) is 0 Å². The van der Waals surface area contributed by atoms with E-state index in [2.05, 4.69) is 54.2 Å². The van der Waals surface area contributed by atoms with Crippen LogP contribution in [-0.4, -0.2) is 91.2 Å². The predicted octanol–water partition coefficient (Wildman–Crippen LogP) is 18.4. The summed E-state index contributed by atoms with van der Waals surface area (Å²) >= 11 is 0. The molecule has 0 bridgehead atoms. The van der Waals surface area contributed by atoms with E-state index >= 15 is 0 Å². The van der Waals surface area contributed by atoms with Crippen LogP contribution in [0.15, 0.2) is 0 Å². The SMILES string of the molecule is CCCCCCCCCCCCN(CCCCC)CCN1CCN(CCCCCCCCCCCC)C(N(CCCCCCCCCCCC)CCCCCCCCCCCC)C1. The molecule has 1 aliphatic rings. The van der Waals surface area contributed by atoms with Gasteiger partial charge in [0.2, 0.25) is 0 Å². The van der Waals surface area contributed by atoms with E-state index in [9.17, 15) is 0 Å². The third kappa shape index (κ3) is 39.5. The van der Waals surface area contributed by atoms with Gasteiger partial charge in [0.1, 0.15) is 0 Å². The molecule has 378 valence electrons. The molecule has 0 aromatic heterocycles. The first-order chi connectivity index (χ1) is 31.2. The maximum absolute atomic E-state index is 3.04. The Morgan fingerprint density at radius 1 is 0.286 bits per heavy atom. The van der Waals surface area contributed by atoms with Gasteiger partial charge in [-0.15, -0.1) is 0 Å². The van der Waals surface area contributed by atoms with Crippen LogP contribution in [-0.2, 0) is 0 Å². The van der Waals surface area contributed by atoms with E-state index in [0.29, 0.717) is 6.17 Å². The molecule has 0 N–H and O–H groups in total. The Kier molecular flexibility index (Phi) is 48.0. The maximum Gasteiger partial charge on any atom is 0.0754 e. The number of piperazine rings is 1. The molecule has 0 spiro atoms. The highest BCUT2D eigenvalue weighted by Crippen LogP contribution is 2.21. The molecule has 0 amide bonds. The molecule has 0 aromatic rings. The van der Waals surface area contributed by atoms with Gasteiger partial charge in [0.15, 0.2) is 0 Å². The van der Waals surface area contributed by atoms with Crippen LogP contribution in [0.25, 0.3) is 0 Å². The molecular formula is C59H122N4. The summed E-state index contributed by atoms with van der Waals surface area (Å²) in [6, 6.07) is 0. The summed E-state index contributed by atoms with van der Waals surface area (Å²) in [5.41, 5.74) is 0. The minimum absolute atomic E-state index is 0.616. The zero-order chi connectivity index (χ0) is 45.4. The van der Waals surface area contributed by atoms with Crippen LogP contribution in [0, 0.1) is 0 Å². The topological polar surface area (TPSA) is 13.0 Å². The van der Waals surface area contributed by atoms with Crippen LogP contribution >= 0.6 is 0 Å². The molecule has 1 fully saturated rings. The van der Waals surface area contributed by atoms with E-state index in [1.54, 1.807) is 0 Å². The van der Waals surface area contributed by atoms with Gasteiger partial charge >= 0.3 is 0 Å². The smallest absolute Gasteiger partial charge is 0.0754 e. The summed E-state index contributed by atoms with van der Waals surface area (Å²) in [5, 5.41) is 0. The summed E-state index contributed by atoms with van der Waals surface area (Å²) in [7, 11) is 0. The van der Waals surface area contributed by atoms with Crippen LogP contribution in [0.1, 0.15) is 311 Å². The average Bonchev–Trinajstić information content (AvgIpc) is 3.30. The Bertz CT molecular complexity index is 825. The molecule has 0 radical (unpaired) electrons. The average molecular weight is 888 g/mol. The molecule has 4 nitrogen and oxygen atoms in total. The fourth-order valence-corrected chi connectivity index (χ4v) is 10.5. The number of nitrogens with zero attached hydrogens (tertiary/aromatic N) is 4. The minimum atomic E-state index is 0.616. The van der Waals surface area contributed by atoms with Gasteiger partial charge in [-0.2, -0.15) is 0 Å². The van der Waals surface area contributed by atoms with Gasteiger partial charge in [0.25, 0.3) is 0 Å². The van der Waals surface area contributed by atoms with Crippen molar-refractivity contribution >= 4 is 0 Å². The first-order valence-corrected chi connectivity index (χ1v) is 30.1. The van der Waals surface area contributed by atoms with Gasteiger partial charge in [0.05, 0.1) is 6.17 Å². The second kappa shape index (κ2) is 49.7. The zero-order valence-corrected chi connectivity index (χ0v) is 44.8. The second-order valence-electron chi connectivity index (χ2n) is 21.1. The van der Waals surface area contributed by atoms with Crippen LogP contribution in [0.4, 0.5) is 0 Å². The largest absolute Gasteiger partial charge is 0.302 e.